The number of aromatic nitrogens is 3. The van der Waals surface area contributed by atoms with Crippen LogP contribution in [-0.2, 0) is 7.05 Å². The second kappa shape index (κ2) is 6.10. The highest BCUT2D eigenvalue weighted by Gasteiger charge is 2.10. The molecular weight excluding hydrogens is 310 g/mol. The molecule has 5 nitrogen and oxygen atoms in total. The number of rotatable bonds is 3. The third-order valence-electron chi connectivity index (χ3n) is 4.08. The topological polar surface area (TPSA) is 66.5 Å². The van der Waals surface area contributed by atoms with Crippen LogP contribution in [0.15, 0.2) is 67.0 Å². The van der Waals surface area contributed by atoms with E-state index in [0.717, 1.165) is 27.8 Å². The fraction of sp³-hybridized carbons (Fsp3) is 0.0500. The molecule has 0 radical (unpaired) electrons. The second-order valence-corrected chi connectivity index (χ2v) is 5.75. The molecule has 0 aliphatic heterocycles. The second-order valence-electron chi connectivity index (χ2n) is 5.75. The smallest absolute Gasteiger partial charge is 0.227 e. The van der Waals surface area contributed by atoms with Crippen molar-refractivity contribution in [1.82, 2.24) is 14.5 Å². The number of nitriles is 1. The molecule has 0 bridgehead atoms. The Labute approximate surface area is 145 Å². The van der Waals surface area contributed by atoms with Crippen LogP contribution in [0.2, 0.25) is 0 Å². The van der Waals surface area contributed by atoms with Crippen molar-refractivity contribution in [3.63, 3.8) is 0 Å². The summed E-state index contributed by atoms with van der Waals surface area (Å²) in [5.41, 5.74) is 4.46. The zero-order valence-corrected chi connectivity index (χ0v) is 13.6. The lowest BCUT2D eigenvalue weighted by molar-refractivity contribution is 0.969. The number of benzene rings is 2. The van der Waals surface area contributed by atoms with Crippen molar-refractivity contribution in [2.24, 2.45) is 7.05 Å². The third kappa shape index (κ3) is 2.81. The lowest BCUT2D eigenvalue weighted by atomic mass is 10.1. The van der Waals surface area contributed by atoms with Crippen molar-refractivity contribution >= 4 is 22.5 Å². The molecule has 4 aromatic rings. The first-order chi connectivity index (χ1) is 12.2. The van der Waals surface area contributed by atoms with E-state index in [1.165, 1.54) is 0 Å². The molecule has 4 rings (SSSR count). The van der Waals surface area contributed by atoms with Crippen LogP contribution in [0.3, 0.4) is 0 Å². The number of nitrogens with zero attached hydrogens (tertiary/aromatic N) is 4. The van der Waals surface area contributed by atoms with Gasteiger partial charge in [0.15, 0.2) is 0 Å². The first-order valence-corrected chi connectivity index (χ1v) is 7.89. The summed E-state index contributed by atoms with van der Waals surface area (Å²) >= 11 is 0. The molecule has 2 aromatic carbocycles. The summed E-state index contributed by atoms with van der Waals surface area (Å²) in [5, 5.41) is 13.3. The van der Waals surface area contributed by atoms with Crippen LogP contribution in [0.5, 0.6) is 0 Å². The van der Waals surface area contributed by atoms with Crippen LogP contribution in [0.25, 0.3) is 22.2 Å². The molecule has 5 heteroatoms. The van der Waals surface area contributed by atoms with E-state index in [1.807, 2.05) is 37.4 Å². The standard InChI is InChI=1S/C20H15N5/c1-25-13-17(16-7-2-3-8-19(16)25)18-9-10-22-20(24-18)23-15-6-4-5-14(11-15)12-21/h2-11,13H,1H3,(H,22,23,24). The highest BCUT2D eigenvalue weighted by Crippen LogP contribution is 2.29. The number of para-hydroxylation sites is 1. The molecule has 0 unspecified atom stereocenters. The van der Waals surface area contributed by atoms with Gasteiger partial charge in [0.25, 0.3) is 0 Å². The molecule has 2 heterocycles. The van der Waals surface area contributed by atoms with Crippen molar-refractivity contribution in [3.8, 4) is 17.3 Å². The molecule has 0 saturated heterocycles. The first-order valence-electron chi connectivity index (χ1n) is 7.89. The Kier molecular flexibility index (Phi) is 3.64. The van der Waals surface area contributed by atoms with Crippen molar-refractivity contribution in [3.05, 3.63) is 72.6 Å². The van der Waals surface area contributed by atoms with Gasteiger partial charge in [0.05, 0.1) is 17.3 Å². The summed E-state index contributed by atoms with van der Waals surface area (Å²) in [6.45, 7) is 0. The van der Waals surface area contributed by atoms with Gasteiger partial charge in [-0.05, 0) is 30.3 Å². The van der Waals surface area contributed by atoms with Crippen LogP contribution in [0.4, 0.5) is 11.6 Å². The van der Waals surface area contributed by atoms with Crippen molar-refractivity contribution in [2.45, 2.75) is 0 Å². The van der Waals surface area contributed by atoms with Gasteiger partial charge in [-0.3, -0.25) is 0 Å². The SMILES string of the molecule is Cn1cc(-c2ccnc(Nc3cccc(C#N)c3)n2)c2ccccc21. The highest BCUT2D eigenvalue weighted by molar-refractivity contribution is 5.95. The van der Waals surface area contributed by atoms with Gasteiger partial charge in [-0.25, -0.2) is 9.97 Å². The average Bonchev–Trinajstić information content (AvgIpc) is 2.99. The number of nitrogens with one attached hydrogen (secondary N) is 1. The van der Waals surface area contributed by atoms with Gasteiger partial charge in [-0.2, -0.15) is 5.26 Å². The normalized spacial score (nSPS) is 10.6. The summed E-state index contributed by atoms with van der Waals surface area (Å²) in [6, 6.07) is 19.5. The largest absolute Gasteiger partial charge is 0.350 e. The van der Waals surface area contributed by atoms with Crippen molar-refractivity contribution in [1.29, 1.82) is 5.26 Å². The summed E-state index contributed by atoms with van der Waals surface area (Å²) in [5.74, 6) is 0.500. The van der Waals surface area contributed by atoms with Crippen LogP contribution in [-0.4, -0.2) is 14.5 Å². The maximum absolute atomic E-state index is 9.01. The molecule has 0 amide bonds. The van der Waals surface area contributed by atoms with Gasteiger partial charge >= 0.3 is 0 Å². The molecule has 0 saturated carbocycles. The molecule has 0 atom stereocenters. The van der Waals surface area contributed by atoms with E-state index in [9.17, 15) is 0 Å². The number of hydrogen-bond donors (Lipinski definition) is 1. The Balaban J connectivity index is 1.73. The average molecular weight is 325 g/mol. The van der Waals surface area contributed by atoms with E-state index in [4.69, 9.17) is 5.26 Å². The fourth-order valence-corrected chi connectivity index (χ4v) is 2.91. The Bertz CT molecular complexity index is 1100. The predicted octanol–water partition coefficient (Wildman–Crippen LogP) is 4.25. The van der Waals surface area contributed by atoms with Gasteiger partial charge < -0.3 is 9.88 Å². The zero-order chi connectivity index (χ0) is 17.2. The van der Waals surface area contributed by atoms with Gasteiger partial charge in [0, 0.05) is 41.6 Å². The molecule has 120 valence electrons. The van der Waals surface area contributed by atoms with E-state index in [0.29, 0.717) is 11.5 Å². The molecule has 25 heavy (non-hydrogen) atoms. The maximum Gasteiger partial charge on any atom is 0.227 e. The monoisotopic (exact) mass is 325 g/mol. The quantitative estimate of drug-likeness (QED) is 0.611. The van der Waals surface area contributed by atoms with E-state index in [2.05, 4.69) is 44.3 Å². The van der Waals surface area contributed by atoms with Gasteiger partial charge in [0.2, 0.25) is 5.95 Å². The molecule has 0 aliphatic rings. The first kappa shape index (κ1) is 14.9. The van der Waals surface area contributed by atoms with Crippen LogP contribution in [0.1, 0.15) is 5.56 Å². The maximum atomic E-state index is 9.01. The number of fused-ring (bicyclic) bond motifs is 1. The molecule has 0 fully saturated rings. The lowest BCUT2D eigenvalue weighted by Gasteiger charge is -2.06. The van der Waals surface area contributed by atoms with E-state index >= 15 is 0 Å². The molecule has 0 aliphatic carbocycles. The van der Waals surface area contributed by atoms with Crippen LogP contribution >= 0.6 is 0 Å². The number of anilines is 2. The van der Waals surface area contributed by atoms with E-state index in [1.54, 1.807) is 18.3 Å². The predicted molar refractivity (Wildman–Crippen MR) is 98.4 cm³/mol. The number of aryl methyl sites for hydroxylation is 1. The van der Waals surface area contributed by atoms with Gasteiger partial charge in [-0.1, -0.05) is 24.3 Å². The molecule has 1 N–H and O–H groups in total. The summed E-state index contributed by atoms with van der Waals surface area (Å²) in [7, 11) is 2.03. The van der Waals surface area contributed by atoms with Crippen LogP contribution < -0.4 is 5.32 Å². The third-order valence-corrected chi connectivity index (χ3v) is 4.08. The Hall–Kier alpha value is -3.65. The Morgan fingerprint density at radius 1 is 1.08 bits per heavy atom. The number of hydrogen-bond acceptors (Lipinski definition) is 4. The zero-order valence-electron chi connectivity index (χ0n) is 13.6. The van der Waals surface area contributed by atoms with Crippen molar-refractivity contribution < 1.29 is 0 Å². The van der Waals surface area contributed by atoms with Crippen LogP contribution in [0, 0.1) is 11.3 Å². The lowest BCUT2D eigenvalue weighted by Crippen LogP contribution is -1.98. The van der Waals surface area contributed by atoms with E-state index < -0.39 is 0 Å². The summed E-state index contributed by atoms with van der Waals surface area (Å²) < 4.78 is 2.09. The van der Waals surface area contributed by atoms with Gasteiger partial charge in [-0.15, -0.1) is 0 Å². The minimum Gasteiger partial charge on any atom is -0.350 e. The Morgan fingerprint density at radius 2 is 1.96 bits per heavy atom. The Morgan fingerprint density at radius 3 is 2.84 bits per heavy atom. The summed E-state index contributed by atoms with van der Waals surface area (Å²) in [6.07, 6.45) is 3.81. The van der Waals surface area contributed by atoms with Gasteiger partial charge in [0.1, 0.15) is 0 Å². The minimum atomic E-state index is 0.500. The molecule has 0 spiro atoms. The van der Waals surface area contributed by atoms with E-state index in [-0.39, 0.29) is 0 Å². The minimum absolute atomic E-state index is 0.500. The fourth-order valence-electron chi connectivity index (χ4n) is 2.91. The summed E-state index contributed by atoms with van der Waals surface area (Å²) in [4.78, 5) is 8.93. The van der Waals surface area contributed by atoms with Crippen molar-refractivity contribution in [2.75, 3.05) is 5.32 Å². The molecular formula is C20H15N5. The highest BCUT2D eigenvalue weighted by atomic mass is 15.1. The molecule has 2 aromatic heterocycles.